The first-order chi connectivity index (χ1) is 13.9. The molecule has 0 amide bonds. The summed E-state index contributed by atoms with van der Waals surface area (Å²) in [5.41, 5.74) is 18.2. The average Bonchev–Trinajstić information content (AvgIpc) is 3.03. The maximum Gasteiger partial charge on any atom is 0.158 e. The van der Waals surface area contributed by atoms with E-state index in [1.807, 2.05) is 0 Å². The lowest BCUT2D eigenvalue weighted by Gasteiger charge is -2.41. The topological polar surface area (TPSA) is 149 Å². The standard InChI is InChI=1S/C18H24ClN7O2S/c19-13-11(1-4-23-15(13)21)29-17-16(22)25-12(7-24-17)26-5-2-18(3-6-26)9-28-10(8-27)14(18)20/h1,4,7,10,14,27H,2-3,5-6,8-9,20H2,(H2,21,23)(H2,22,25). The molecule has 0 aliphatic carbocycles. The highest BCUT2D eigenvalue weighted by molar-refractivity contribution is 7.99. The van der Waals surface area contributed by atoms with E-state index in [4.69, 9.17) is 33.5 Å². The van der Waals surface area contributed by atoms with Gasteiger partial charge in [0.05, 0.1) is 30.5 Å². The molecule has 4 heterocycles. The van der Waals surface area contributed by atoms with Gasteiger partial charge in [0.1, 0.15) is 16.7 Å². The summed E-state index contributed by atoms with van der Waals surface area (Å²) in [5.74, 6) is 1.33. The molecule has 2 aliphatic rings. The Hall–Kier alpha value is -1.85. The van der Waals surface area contributed by atoms with Crippen LogP contribution in [0.3, 0.4) is 0 Å². The van der Waals surface area contributed by atoms with Crippen LogP contribution in [0.2, 0.25) is 5.02 Å². The van der Waals surface area contributed by atoms with Gasteiger partial charge in [-0.25, -0.2) is 15.0 Å². The van der Waals surface area contributed by atoms with Gasteiger partial charge in [-0.3, -0.25) is 0 Å². The number of hydrogen-bond acceptors (Lipinski definition) is 10. The number of nitrogens with two attached hydrogens (primary N) is 3. The van der Waals surface area contributed by atoms with Crippen molar-refractivity contribution in [2.75, 3.05) is 42.7 Å². The molecule has 2 fully saturated rings. The van der Waals surface area contributed by atoms with Gasteiger partial charge < -0.3 is 31.9 Å². The summed E-state index contributed by atoms with van der Waals surface area (Å²) in [6, 6.07) is 1.61. The first-order valence-electron chi connectivity index (χ1n) is 9.37. The van der Waals surface area contributed by atoms with Crippen LogP contribution in [0.25, 0.3) is 0 Å². The molecule has 156 valence electrons. The first kappa shape index (κ1) is 20.4. The molecular weight excluding hydrogens is 414 g/mol. The van der Waals surface area contributed by atoms with E-state index in [0.29, 0.717) is 22.5 Å². The molecule has 2 atom stereocenters. The third kappa shape index (κ3) is 3.82. The normalized spacial score (nSPS) is 23.6. The Morgan fingerprint density at radius 2 is 2.03 bits per heavy atom. The zero-order valence-electron chi connectivity index (χ0n) is 15.8. The SMILES string of the molecule is Nc1nc(N2CCC3(CC2)COC(CO)C3N)cnc1Sc1ccnc(N)c1Cl. The fourth-order valence-electron chi connectivity index (χ4n) is 3.93. The summed E-state index contributed by atoms with van der Waals surface area (Å²) in [5, 5.41) is 10.3. The molecule has 29 heavy (non-hydrogen) atoms. The van der Waals surface area contributed by atoms with Gasteiger partial charge in [-0.15, -0.1) is 0 Å². The van der Waals surface area contributed by atoms with E-state index in [2.05, 4.69) is 19.9 Å². The molecule has 11 heteroatoms. The number of aromatic nitrogens is 3. The van der Waals surface area contributed by atoms with E-state index in [1.165, 1.54) is 11.8 Å². The van der Waals surface area contributed by atoms with Crippen LogP contribution in [0, 0.1) is 5.41 Å². The highest BCUT2D eigenvalue weighted by Gasteiger charge is 2.48. The zero-order valence-corrected chi connectivity index (χ0v) is 17.4. The number of rotatable bonds is 4. The van der Waals surface area contributed by atoms with Crippen molar-refractivity contribution in [2.24, 2.45) is 11.1 Å². The Balaban J connectivity index is 1.45. The number of nitrogens with zero attached hydrogens (tertiary/aromatic N) is 4. The van der Waals surface area contributed by atoms with Gasteiger partial charge in [-0.1, -0.05) is 23.4 Å². The summed E-state index contributed by atoms with van der Waals surface area (Å²) < 4.78 is 5.69. The second-order valence-corrected chi connectivity index (χ2v) is 8.84. The average molecular weight is 438 g/mol. The maximum atomic E-state index is 9.41. The predicted octanol–water partition coefficient (Wildman–Crippen LogP) is 1.15. The zero-order chi connectivity index (χ0) is 20.6. The van der Waals surface area contributed by atoms with E-state index in [1.54, 1.807) is 18.5 Å². The number of ether oxygens (including phenoxy) is 1. The van der Waals surface area contributed by atoms with Crippen molar-refractivity contribution in [3.05, 3.63) is 23.5 Å². The first-order valence-corrected chi connectivity index (χ1v) is 10.6. The van der Waals surface area contributed by atoms with E-state index in [9.17, 15) is 5.11 Å². The molecule has 2 unspecified atom stereocenters. The number of hydrogen-bond donors (Lipinski definition) is 4. The third-order valence-corrected chi connectivity index (χ3v) is 7.37. The molecule has 2 aromatic rings. The molecule has 2 aliphatic heterocycles. The van der Waals surface area contributed by atoms with Crippen LogP contribution in [-0.2, 0) is 4.74 Å². The molecule has 0 bridgehead atoms. The summed E-state index contributed by atoms with van der Waals surface area (Å²) in [7, 11) is 0. The minimum Gasteiger partial charge on any atom is -0.394 e. The molecule has 0 aromatic carbocycles. The molecule has 0 saturated carbocycles. The fraction of sp³-hybridized carbons (Fsp3) is 0.500. The third-order valence-electron chi connectivity index (χ3n) is 5.79. The number of anilines is 3. The Bertz CT molecular complexity index is 895. The minimum atomic E-state index is -0.276. The van der Waals surface area contributed by atoms with Crippen molar-refractivity contribution < 1.29 is 9.84 Å². The highest BCUT2D eigenvalue weighted by atomic mass is 35.5. The lowest BCUT2D eigenvalue weighted by atomic mass is 9.73. The molecule has 2 aromatic heterocycles. The van der Waals surface area contributed by atoms with E-state index >= 15 is 0 Å². The Kier molecular flexibility index (Phi) is 5.71. The molecule has 1 spiro atoms. The minimum absolute atomic E-state index is 0.0408. The van der Waals surface area contributed by atoms with Crippen LogP contribution in [0.1, 0.15) is 12.8 Å². The number of aliphatic hydroxyl groups is 1. The quantitative estimate of drug-likeness (QED) is 0.548. The molecule has 2 saturated heterocycles. The van der Waals surface area contributed by atoms with Crippen LogP contribution in [0.4, 0.5) is 17.5 Å². The van der Waals surface area contributed by atoms with Crippen LogP contribution >= 0.6 is 23.4 Å². The molecule has 4 rings (SSSR count). The van der Waals surface area contributed by atoms with Crippen molar-refractivity contribution in [1.82, 2.24) is 15.0 Å². The van der Waals surface area contributed by atoms with Gasteiger partial charge in [-0.05, 0) is 18.9 Å². The second-order valence-electron chi connectivity index (χ2n) is 7.44. The number of pyridine rings is 1. The highest BCUT2D eigenvalue weighted by Crippen LogP contribution is 2.42. The van der Waals surface area contributed by atoms with E-state index < -0.39 is 0 Å². The van der Waals surface area contributed by atoms with Crippen molar-refractivity contribution in [2.45, 2.75) is 34.9 Å². The van der Waals surface area contributed by atoms with Crippen molar-refractivity contribution in [1.29, 1.82) is 0 Å². The van der Waals surface area contributed by atoms with Crippen molar-refractivity contribution in [3.63, 3.8) is 0 Å². The van der Waals surface area contributed by atoms with Crippen LogP contribution < -0.4 is 22.1 Å². The van der Waals surface area contributed by atoms with E-state index in [0.717, 1.165) is 36.6 Å². The number of nitrogen functional groups attached to an aromatic ring is 2. The number of aliphatic hydroxyl groups excluding tert-OH is 1. The van der Waals surface area contributed by atoms with E-state index in [-0.39, 0.29) is 30.0 Å². The molecular formula is C18H24ClN7O2S. The van der Waals surface area contributed by atoms with Crippen molar-refractivity contribution in [3.8, 4) is 0 Å². The van der Waals surface area contributed by atoms with Crippen LogP contribution in [-0.4, -0.2) is 58.5 Å². The van der Waals surface area contributed by atoms with Gasteiger partial charge in [0.15, 0.2) is 5.82 Å². The van der Waals surface area contributed by atoms with Gasteiger partial charge in [-0.2, -0.15) is 0 Å². The summed E-state index contributed by atoms with van der Waals surface area (Å²) in [4.78, 5) is 15.8. The fourth-order valence-corrected chi connectivity index (χ4v) is 4.94. The Morgan fingerprint density at radius 3 is 2.69 bits per heavy atom. The molecule has 9 nitrogen and oxygen atoms in total. The Morgan fingerprint density at radius 1 is 1.28 bits per heavy atom. The molecule has 7 N–H and O–H groups in total. The lowest BCUT2D eigenvalue weighted by Crippen LogP contribution is -2.51. The second kappa shape index (κ2) is 8.11. The molecule has 0 radical (unpaired) electrons. The van der Waals surface area contributed by atoms with Crippen LogP contribution in [0.5, 0.6) is 0 Å². The largest absolute Gasteiger partial charge is 0.394 e. The summed E-state index contributed by atoms with van der Waals surface area (Å²) in [6.07, 6.45) is 4.77. The number of halogens is 1. The number of piperidine rings is 1. The van der Waals surface area contributed by atoms with Crippen molar-refractivity contribution >= 4 is 40.8 Å². The maximum absolute atomic E-state index is 9.41. The van der Waals surface area contributed by atoms with Gasteiger partial charge in [0.2, 0.25) is 0 Å². The van der Waals surface area contributed by atoms with Gasteiger partial charge in [0.25, 0.3) is 0 Å². The Labute approximate surface area is 178 Å². The summed E-state index contributed by atoms with van der Waals surface area (Å²) >= 11 is 7.50. The monoisotopic (exact) mass is 437 g/mol. The predicted molar refractivity (Wildman–Crippen MR) is 113 cm³/mol. The van der Waals surface area contributed by atoms with Gasteiger partial charge in [0, 0.05) is 35.6 Å². The van der Waals surface area contributed by atoms with Gasteiger partial charge >= 0.3 is 0 Å². The lowest BCUT2D eigenvalue weighted by molar-refractivity contribution is 0.0479. The van der Waals surface area contributed by atoms with Crippen LogP contribution in [0.15, 0.2) is 28.4 Å². The summed E-state index contributed by atoms with van der Waals surface area (Å²) in [6.45, 7) is 2.11. The smallest absolute Gasteiger partial charge is 0.158 e.